The van der Waals surface area contributed by atoms with Gasteiger partial charge in [0.1, 0.15) is 0 Å². The highest BCUT2D eigenvalue weighted by Crippen LogP contribution is 2.24. The molecule has 0 aliphatic heterocycles. The molecule has 2 aromatic carbocycles. The lowest BCUT2D eigenvalue weighted by atomic mass is 10.1. The third-order valence-electron chi connectivity index (χ3n) is 3.05. The van der Waals surface area contributed by atoms with Crippen molar-refractivity contribution >= 4 is 10.9 Å². The molecule has 0 aliphatic carbocycles. The molecular weight excluding hydrogens is 220 g/mol. The Bertz CT molecular complexity index is 699. The van der Waals surface area contributed by atoms with Gasteiger partial charge in [-0.3, -0.25) is 0 Å². The Kier molecular flexibility index (Phi) is 2.59. The summed E-state index contributed by atoms with van der Waals surface area (Å²) in [6, 6.07) is 20.6. The number of fused-ring (bicyclic) bond motifs is 1. The molecule has 0 spiro atoms. The third-order valence-corrected chi connectivity index (χ3v) is 3.05. The number of aromatic amines is 1. The summed E-state index contributed by atoms with van der Waals surface area (Å²) in [6.07, 6.45) is 0.452. The maximum absolute atomic E-state index is 8.74. The molecule has 3 aromatic rings. The van der Waals surface area contributed by atoms with E-state index in [-0.39, 0.29) is 0 Å². The van der Waals surface area contributed by atoms with Gasteiger partial charge in [0.25, 0.3) is 0 Å². The van der Waals surface area contributed by atoms with Crippen LogP contribution in [-0.2, 0) is 6.42 Å². The molecule has 0 saturated heterocycles. The highest BCUT2D eigenvalue weighted by molar-refractivity contribution is 5.85. The molecule has 2 heteroatoms. The Morgan fingerprint density at radius 3 is 2.72 bits per heavy atom. The van der Waals surface area contributed by atoms with E-state index in [2.05, 4.69) is 41.4 Å². The monoisotopic (exact) mass is 232 g/mol. The maximum atomic E-state index is 8.74. The van der Waals surface area contributed by atoms with Crippen molar-refractivity contribution in [3.63, 3.8) is 0 Å². The third kappa shape index (κ3) is 1.87. The van der Waals surface area contributed by atoms with Gasteiger partial charge in [0.15, 0.2) is 0 Å². The predicted octanol–water partition coefficient (Wildman–Crippen LogP) is 3.90. The lowest BCUT2D eigenvalue weighted by molar-refractivity contribution is 1.26. The van der Waals surface area contributed by atoms with E-state index in [0.717, 1.165) is 22.3 Å². The minimum atomic E-state index is 0.452. The normalized spacial score (nSPS) is 10.4. The maximum Gasteiger partial charge on any atom is 0.0669 e. The number of nitrogens with zero attached hydrogens (tertiary/aromatic N) is 1. The van der Waals surface area contributed by atoms with E-state index >= 15 is 0 Å². The Balaban J connectivity index is 2.08. The fraction of sp³-hybridized carbons (Fsp3) is 0.0625. The fourth-order valence-corrected chi connectivity index (χ4v) is 2.17. The zero-order valence-corrected chi connectivity index (χ0v) is 9.85. The van der Waals surface area contributed by atoms with E-state index < -0.39 is 0 Å². The van der Waals surface area contributed by atoms with Gasteiger partial charge >= 0.3 is 0 Å². The highest BCUT2D eigenvalue weighted by atomic mass is 14.7. The zero-order chi connectivity index (χ0) is 12.4. The number of para-hydroxylation sites is 1. The van der Waals surface area contributed by atoms with Crippen LogP contribution in [0.15, 0.2) is 54.6 Å². The van der Waals surface area contributed by atoms with Gasteiger partial charge in [-0.25, -0.2) is 0 Å². The number of rotatable bonds is 2. The molecule has 18 heavy (non-hydrogen) atoms. The van der Waals surface area contributed by atoms with Gasteiger partial charge in [-0.05, 0) is 29.3 Å². The summed E-state index contributed by atoms with van der Waals surface area (Å²) >= 11 is 0. The van der Waals surface area contributed by atoms with Crippen LogP contribution in [0.25, 0.3) is 22.2 Å². The summed E-state index contributed by atoms with van der Waals surface area (Å²) in [5.74, 6) is 0. The topological polar surface area (TPSA) is 39.6 Å². The van der Waals surface area contributed by atoms with E-state index in [1.165, 1.54) is 5.39 Å². The first-order valence-electron chi connectivity index (χ1n) is 5.91. The van der Waals surface area contributed by atoms with Crippen LogP contribution in [0.5, 0.6) is 0 Å². The molecule has 0 saturated carbocycles. The standard InChI is InChI=1S/C16H12N2/c17-9-8-12-4-3-6-13(10-12)16-11-14-5-1-2-7-15(14)18-16/h1-7,10-11,18H,8H2. The Hall–Kier alpha value is -2.53. The summed E-state index contributed by atoms with van der Waals surface area (Å²) in [6.45, 7) is 0. The van der Waals surface area contributed by atoms with Crippen LogP contribution < -0.4 is 0 Å². The molecule has 0 radical (unpaired) electrons. The second-order valence-electron chi connectivity index (χ2n) is 4.31. The van der Waals surface area contributed by atoms with Gasteiger partial charge in [-0.2, -0.15) is 5.26 Å². The van der Waals surface area contributed by atoms with Crippen molar-refractivity contribution < 1.29 is 0 Å². The number of benzene rings is 2. The average molecular weight is 232 g/mol. The molecule has 86 valence electrons. The van der Waals surface area contributed by atoms with Crippen LogP contribution in [-0.4, -0.2) is 4.98 Å². The molecule has 0 amide bonds. The second-order valence-corrected chi connectivity index (χ2v) is 4.31. The second kappa shape index (κ2) is 4.38. The first kappa shape index (κ1) is 10.6. The highest BCUT2D eigenvalue weighted by Gasteiger charge is 2.03. The van der Waals surface area contributed by atoms with Crippen LogP contribution in [0.4, 0.5) is 0 Å². The summed E-state index contributed by atoms with van der Waals surface area (Å²) < 4.78 is 0. The lowest BCUT2D eigenvalue weighted by Gasteiger charge is -2.00. The average Bonchev–Trinajstić information content (AvgIpc) is 2.83. The molecule has 1 heterocycles. The Morgan fingerprint density at radius 2 is 1.89 bits per heavy atom. The first-order chi connectivity index (χ1) is 8.86. The molecule has 1 N–H and O–H groups in total. The molecule has 0 fully saturated rings. The van der Waals surface area contributed by atoms with Crippen molar-refractivity contribution in [3.05, 3.63) is 60.2 Å². The summed E-state index contributed by atoms with van der Waals surface area (Å²) in [5, 5.41) is 9.94. The van der Waals surface area contributed by atoms with Crippen LogP contribution in [0.1, 0.15) is 5.56 Å². The van der Waals surface area contributed by atoms with Crippen LogP contribution >= 0.6 is 0 Å². The van der Waals surface area contributed by atoms with Gasteiger partial charge in [-0.15, -0.1) is 0 Å². The minimum absolute atomic E-state index is 0.452. The van der Waals surface area contributed by atoms with Crippen molar-refractivity contribution in [2.24, 2.45) is 0 Å². The molecule has 0 atom stereocenters. The van der Waals surface area contributed by atoms with Crippen LogP contribution in [0.2, 0.25) is 0 Å². The van der Waals surface area contributed by atoms with Crippen molar-refractivity contribution in [1.82, 2.24) is 4.98 Å². The number of hydrogen-bond donors (Lipinski definition) is 1. The van der Waals surface area contributed by atoms with Gasteiger partial charge < -0.3 is 4.98 Å². The first-order valence-corrected chi connectivity index (χ1v) is 5.91. The molecule has 0 bridgehead atoms. The fourth-order valence-electron chi connectivity index (χ4n) is 2.17. The lowest BCUT2D eigenvalue weighted by Crippen LogP contribution is -1.83. The number of aromatic nitrogens is 1. The van der Waals surface area contributed by atoms with Crippen molar-refractivity contribution in [3.8, 4) is 17.3 Å². The minimum Gasteiger partial charge on any atom is -0.355 e. The molecular formula is C16H12N2. The van der Waals surface area contributed by atoms with E-state index in [1.54, 1.807) is 0 Å². The van der Waals surface area contributed by atoms with E-state index in [1.807, 2.05) is 24.3 Å². The van der Waals surface area contributed by atoms with Gasteiger partial charge in [0, 0.05) is 16.6 Å². The van der Waals surface area contributed by atoms with Crippen LogP contribution in [0, 0.1) is 11.3 Å². The molecule has 2 nitrogen and oxygen atoms in total. The largest absolute Gasteiger partial charge is 0.355 e. The van der Waals surface area contributed by atoms with Gasteiger partial charge in [0.2, 0.25) is 0 Å². The summed E-state index contributed by atoms with van der Waals surface area (Å²) in [5.41, 5.74) is 4.40. The SMILES string of the molecule is N#CCc1cccc(-c2cc3ccccc3[nH]2)c1. The van der Waals surface area contributed by atoms with Crippen molar-refractivity contribution in [2.75, 3.05) is 0 Å². The number of nitriles is 1. The molecule has 0 aliphatic rings. The smallest absolute Gasteiger partial charge is 0.0669 e. The van der Waals surface area contributed by atoms with Crippen molar-refractivity contribution in [1.29, 1.82) is 5.26 Å². The quantitative estimate of drug-likeness (QED) is 0.715. The number of nitrogens with one attached hydrogen (secondary N) is 1. The summed E-state index contributed by atoms with van der Waals surface area (Å²) in [7, 11) is 0. The van der Waals surface area contributed by atoms with E-state index in [9.17, 15) is 0 Å². The van der Waals surface area contributed by atoms with Gasteiger partial charge in [-0.1, -0.05) is 36.4 Å². The van der Waals surface area contributed by atoms with Gasteiger partial charge in [0.05, 0.1) is 12.5 Å². The zero-order valence-electron chi connectivity index (χ0n) is 9.85. The van der Waals surface area contributed by atoms with E-state index in [0.29, 0.717) is 6.42 Å². The Morgan fingerprint density at radius 1 is 1.00 bits per heavy atom. The molecule has 0 unspecified atom stereocenters. The Labute approximate surface area is 106 Å². The number of H-pyrrole nitrogens is 1. The van der Waals surface area contributed by atoms with Crippen LogP contribution in [0.3, 0.4) is 0 Å². The van der Waals surface area contributed by atoms with Crippen molar-refractivity contribution in [2.45, 2.75) is 6.42 Å². The number of hydrogen-bond acceptors (Lipinski definition) is 1. The predicted molar refractivity (Wildman–Crippen MR) is 73.1 cm³/mol. The molecule has 3 rings (SSSR count). The molecule has 1 aromatic heterocycles. The summed E-state index contributed by atoms with van der Waals surface area (Å²) in [4.78, 5) is 3.40. The van der Waals surface area contributed by atoms with E-state index in [4.69, 9.17) is 5.26 Å².